The van der Waals surface area contributed by atoms with Gasteiger partial charge < -0.3 is 10.6 Å². The quantitative estimate of drug-likeness (QED) is 0.869. The number of carbonyl (C=O) groups is 1. The van der Waals surface area contributed by atoms with Crippen molar-refractivity contribution in [2.24, 2.45) is 5.92 Å². The third kappa shape index (κ3) is 2.88. The second-order valence-corrected chi connectivity index (χ2v) is 6.22. The van der Waals surface area contributed by atoms with Gasteiger partial charge in [-0.05, 0) is 62.6 Å². The van der Waals surface area contributed by atoms with Crippen LogP contribution < -0.4 is 10.6 Å². The second kappa shape index (κ2) is 5.96. The van der Waals surface area contributed by atoms with Gasteiger partial charge in [-0.1, -0.05) is 12.1 Å². The Kier molecular flexibility index (Phi) is 4.06. The largest absolute Gasteiger partial charge is 0.326 e. The van der Waals surface area contributed by atoms with Gasteiger partial charge in [-0.2, -0.15) is 0 Å². The van der Waals surface area contributed by atoms with E-state index in [-0.39, 0.29) is 11.8 Å². The van der Waals surface area contributed by atoms with Crippen molar-refractivity contribution in [1.82, 2.24) is 5.32 Å². The third-order valence-electron chi connectivity index (χ3n) is 4.69. The molecule has 2 atom stereocenters. The van der Waals surface area contributed by atoms with Crippen LogP contribution in [0.1, 0.15) is 43.7 Å². The van der Waals surface area contributed by atoms with Gasteiger partial charge in [0.25, 0.3) is 0 Å². The molecule has 1 aliphatic carbocycles. The van der Waals surface area contributed by atoms with E-state index < -0.39 is 0 Å². The summed E-state index contributed by atoms with van der Waals surface area (Å²) in [6.07, 6.45) is 6.85. The molecule has 1 aromatic carbocycles. The van der Waals surface area contributed by atoms with Gasteiger partial charge in [-0.15, -0.1) is 0 Å². The van der Waals surface area contributed by atoms with Crippen LogP contribution in [0.15, 0.2) is 18.2 Å². The van der Waals surface area contributed by atoms with Gasteiger partial charge in [0.15, 0.2) is 0 Å². The van der Waals surface area contributed by atoms with E-state index in [0.29, 0.717) is 6.04 Å². The summed E-state index contributed by atoms with van der Waals surface area (Å²) < 4.78 is 0. The molecule has 1 heterocycles. The van der Waals surface area contributed by atoms with E-state index in [2.05, 4.69) is 35.8 Å². The Balaban J connectivity index is 1.70. The van der Waals surface area contributed by atoms with E-state index in [0.717, 1.165) is 37.9 Å². The summed E-state index contributed by atoms with van der Waals surface area (Å²) >= 11 is 0. The maximum atomic E-state index is 12.4. The standard InChI is InChI=1S/C17H24N2O/c1-12-9-10-14(11-18-12)17(20)19-16-8-4-6-13-5-2-3-7-15(13)16/h4,6,8,12,14,18H,2-3,5,7,9-11H2,1H3,(H,19,20). The van der Waals surface area contributed by atoms with Crippen molar-refractivity contribution in [1.29, 1.82) is 0 Å². The van der Waals surface area contributed by atoms with E-state index in [9.17, 15) is 4.79 Å². The fraction of sp³-hybridized carbons (Fsp3) is 0.588. The number of fused-ring (bicyclic) bond motifs is 1. The highest BCUT2D eigenvalue weighted by atomic mass is 16.1. The second-order valence-electron chi connectivity index (χ2n) is 6.22. The Hall–Kier alpha value is -1.35. The summed E-state index contributed by atoms with van der Waals surface area (Å²) in [5, 5.41) is 6.58. The predicted molar refractivity (Wildman–Crippen MR) is 81.9 cm³/mol. The minimum absolute atomic E-state index is 0.116. The van der Waals surface area contributed by atoms with Crippen molar-refractivity contribution >= 4 is 11.6 Å². The van der Waals surface area contributed by atoms with Crippen molar-refractivity contribution in [3.05, 3.63) is 29.3 Å². The molecule has 3 rings (SSSR count). The van der Waals surface area contributed by atoms with Crippen LogP contribution in [0.3, 0.4) is 0 Å². The average Bonchev–Trinajstić information content (AvgIpc) is 2.48. The Morgan fingerprint density at radius 3 is 2.90 bits per heavy atom. The lowest BCUT2D eigenvalue weighted by atomic mass is 9.90. The SMILES string of the molecule is CC1CCC(C(=O)Nc2cccc3c2CCCC3)CN1. The Morgan fingerprint density at radius 2 is 2.10 bits per heavy atom. The molecule has 0 bridgehead atoms. The first-order valence-electron chi connectivity index (χ1n) is 7.89. The van der Waals surface area contributed by atoms with E-state index in [1.165, 1.54) is 24.0 Å². The number of piperidine rings is 1. The molecule has 0 saturated carbocycles. The number of hydrogen-bond acceptors (Lipinski definition) is 2. The van der Waals surface area contributed by atoms with Crippen molar-refractivity contribution in [2.75, 3.05) is 11.9 Å². The van der Waals surface area contributed by atoms with E-state index in [1.54, 1.807) is 0 Å². The Morgan fingerprint density at radius 1 is 1.25 bits per heavy atom. The van der Waals surface area contributed by atoms with E-state index in [4.69, 9.17) is 0 Å². The van der Waals surface area contributed by atoms with Gasteiger partial charge in [0.05, 0.1) is 5.92 Å². The van der Waals surface area contributed by atoms with Gasteiger partial charge in [0.2, 0.25) is 5.91 Å². The van der Waals surface area contributed by atoms with Gasteiger partial charge >= 0.3 is 0 Å². The number of amides is 1. The van der Waals surface area contributed by atoms with Crippen LogP contribution in [0.4, 0.5) is 5.69 Å². The Bertz CT molecular complexity index is 490. The normalized spacial score (nSPS) is 25.9. The molecule has 1 saturated heterocycles. The van der Waals surface area contributed by atoms with Crippen molar-refractivity contribution in [2.45, 2.75) is 51.5 Å². The number of nitrogens with one attached hydrogen (secondary N) is 2. The first kappa shape index (κ1) is 13.6. The molecule has 2 aliphatic rings. The molecule has 2 N–H and O–H groups in total. The zero-order valence-corrected chi connectivity index (χ0v) is 12.2. The van der Waals surface area contributed by atoms with Crippen LogP contribution in [0.25, 0.3) is 0 Å². The van der Waals surface area contributed by atoms with Gasteiger partial charge in [-0.3, -0.25) is 4.79 Å². The number of rotatable bonds is 2. The molecule has 1 aliphatic heterocycles. The number of benzene rings is 1. The lowest BCUT2D eigenvalue weighted by Crippen LogP contribution is -2.41. The van der Waals surface area contributed by atoms with Crippen LogP contribution in [0.2, 0.25) is 0 Å². The summed E-state index contributed by atoms with van der Waals surface area (Å²) in [7, 11) is 0. The minimum atomic E-state index is 0.116. The van der Waals surface area contributed by atoms with Gasteiger partial charge in [0, 0.05) is 18.3 Å². The molecule has 20 heavy (non-hydrogen) atoms. The van der Waals surface area contributed by atoms with Crippen LogP contribution >= 0.6 is 0 Å². The number of aryl methyl sites for hydroxylation is 1. The molecule has 1 aromatic rings. The van der Waals surface area contributed by atoms with Crippen LogP contribution in [0.5, 0.6) is 0 Å². The van der Waals surface area contributed by atoms with Gasteiger partial charge in [-0.25, -0.2) is 0 Å². The number of anilines is 1. The van der Waals surface area contributed by atoms with Crippen LogP contribution in [0, 0.1) is 5.92 Å². The maximum Gasteiger partial charge on any atom is 0.228 e. The maximum absolute atomic E-state index is 12.4. The molecule has 0 spiro atoms. The molecule has 0 aromatic heterocycles. The molecule has 2 unspecified atom stereocenters. The van der Waals surface area contributed by atoms with Crippen LogP contribution in [-0.2, 0) is 17.6 Å². The molecule has 3 heteroatoms. The number of carbonyl (C=O) groups excluding carboxylic acids is 1. The minimum Gasteiger partial charge on any atom is -0.326 e. The summed E-state index contributed by atoms with van der Waals surface area (Å²) in [5.41, 5.74) is 3.83. The van der Waals surface area contributed by atoms with Crippen molar-refractivity contribution in [3.63, 3.8) is 0 Å². The third-order valence-corrected chi connectivity index (χ3v) is 4.69. The summed E-state index contributed by atoms with van der Waals surface area (Å²) in [5.74, 6) is 0.300. The molecular formula is C17H24N2O. The zero-order valence-electron chi connectivity index (χ0n) is 12.2. The first-order chi connectivity index (χ1) is 9.74. The molecule has 1 amide bonds. The fourth-order valence-corrected chi connectivity index (χ4v) is 3.36. The smallest absolute Gasteiger partial charge is 0.228 e. The molecule has 0 radical (unpaired) electrons. The average molecular weight is 272 g/mol. The molecule has 1 fully saturated rings. The van der Waals surface area contributed by atoms with Gasteiger partial charge in [0.1, 0.15) is 0 Å². The first-order valence-corrected chi connectivity index (χ1v) is 7.89. The summed E-state index contributed by atoms with van der Waals surface area (Å²) in [6, 6.07) is 6.87. The summed E-state index contributed by atoms with van der Waals surface area (Å²) in [6.45, 7) is 2.99. The number of hydrogen-bond donors (Lipinski definition) is 2. The highest BCUT2D eigenvalue weighted by Crippen LogP contribution is 2.28. The fourth-order valence-electron chi connectivity index (χ4n) is 3.36. The molecule has 108 valence electrons. The lowest BCUT2D eigenvalue weighted by Gasteiger charge is -2.27. The highest BCUT2D eigenvalue weighted by Gasteiger charge is 2.24. The lowest BCUT2D eigenvalue weighted by molar-refractivity contribution is -0.120. The van der Waals surface area contributed by atoms with Crippen molar-refractivity contribution in [3.8, 4) is 0 Å². The predicted octanol–water partition coefficient (Wildman–Crippen LogP) is 2.89. The van der Waals surface area contributed by atoms with E-state index in [1.807, 2.05) is 0 Å². The monoisotopic (exact) mass is 272 g/mol. The Labute approximate surface area is 121 Å². The summed E-state index contributed by atoms with van der Waals surface area (Å²) in [4.78, 5) is 12.4. The van der Waals surface area contributed by atoms with E-state index >= 15 is 0 Å². The molecule has 3 nitrogen and oxygen atoms in total. The molecular weight excluding hydrogens is 248 g/mol. The van der Waals surface area contributed by atoms with Crippen LogP contribution in [-0.4, -0.2) is 18.5 Å². The van der Waals surface area contributed by atoms with Crippen molar-refractivity contribution < 1.29 is 4.79 Å². The topological polar surface area (TPSA) is 41.1 Å². The highest BCUT2D eigenvalue weighted by molar-refractivity contribution is 5.93. The zero-order chi connectivity index (χ0) is 13.9.